The van der Waals surface area contributed by atoms with Crippen LogP contribution in [0.25, 0.3) is 69.2 Å². The van der Waals surface area contributed by atoms with Gasteiger partial charge in [0.15, 0.2) is 0 Å². The lowest BCUT2D eigenvalue weighted by Gasteiger charge is -2.29. The number of anilines is 6. The van der Waals surface area contributed by atoms with Gasteiger partial charge >= 0.3 is 0 Å². The van der Waals surface area contributed by atoms with Gasteiger partial charge in [-0.1, -0.05) is 219 Å². The smallest absolute Gasteiger partial charge is 0.0775 e. The van der Waals surface area contributed by atoms with Gasteiger partial charge in [0.2, 0.25) is 0 Å². The van der Waals surface area contributed by atoms with E-state index in [4.69, 9.17) is 0 Å². The Hall–Kier alpha value is -7.23. The molecule has 0 spiro atoms. The van der Waals surface area contributed by atoms with E-state index in [1.165, 1.54) is 90.7 Å². The molecular weight excluding hydrogens is 971 g/mol. The van der Waals surface area contributed by atoms with Gasteiger partial charge in [-0.25, -0.2) is 0 Å². The zero-order valence-electron chi connectivity index (χ0n) is 46.3. The molecule has 0 fully saturated rings. The van der Waals surface area contributed by atoms with Crippen LogP contribution in [-0.2, 0) is 10.8 Å². The van der Waals surface area contributed by atoms with E-state index in [2.05, 4.69) is 295 Å². The van der Waals surface area contributed by atoms with Crippen molar-refractivity contribution in [1.82, 2.24) is 4.57 Å². The molecule has 0 atom stereocenters. The van der Waals surface area contributed by atoms with Crippen molar-refractivity contribution in [2.75, 3.05) is 9.80 Å². The number of thiophene rings is 1. The Kier molecular flexibility index (Phi) is 11.9. The Morgan fingerprint density at radius 1 is 0.368 bits per heavy atom. The molecule has 0 amide bonds. The maximum atomic E-state index is 2.62. The number of nitrogens with zero attached hydrogens (tertiary/aromatic N) is 3. The van der Waals surface area contributed by atoms with E-state index in [-0.39, 0.29) is 10.8 Å². The fourth-order valence-corrected chi connectivity index (χ4v) is 15.1. The van der Waals surface area contributed by atoms with Gasteiger partial charge in [0.1, 0.15) is 0 Å². The van der Waals surface area contributed by atoms with Crippen LogP contribution < -0.4 is 20.2 Å². The summed E-state index contributed by atoms with van der Waals surface area (Å²) in [4.78, 5) is 5.03. The number of hydrogen-bond acceptors (Lipinski definition) is 3. The largest absolute Gasteiger partial charge is 0.310 e. The summed E-state index contributed by atoms with van der Waals surface area (Å²) in [6.07, 6.45) is 0. The van der Waals surface area contributed by atoms with Crippen LogP contribution >= 0.6 is 11.3 Å². The Morgan fingerprint density at radius 3 is 1.12 bits per heavy atom. The lowest BCUT2D eigenvalue weighted by Crippen LogP contribution is -2.37. The molecule has 76 heavy (non-hydrogen) atoms. The molecule has 12 aromatic rings. The second-order valence-electron chi connectivity index (χ2n) is 25.1. The first kappa shape index (κ1) is 49.6. The van der Waals surface area contributed by atoms with Crippen LogP contribution in [0.1, 0.15) is 52.7 Å². The van der Waals surface area contributed by atoms with Crippen LogP contribution in [0.5, 0.6) is 0 Å². The van der Waals surface area contributed by atoms with E-state index < -0.39 is 16.1 Å². The Morgan fingerprint density at radius 2 is 0.724 bits per heavy atom. The fourth-order valence-electron chi connectivity index (χ4n) is 11.5. The van der Waals surface area contributed by atoms with Gasteiger partial charge in [-0.3, -0.25) is 0 Å². The van der Waals surface area contributed by atoms with Gasteiger partial charge < -0.3 is 14.4 Å². The third kappa shape index (κ3) is 8.55. The van der Waals surface area contributed by atoms with Crippen LogP contribution in [0.3, 0.4) is 0 Å². The van der Waals surface area contributed by atoms with Crippen molar-refractivity contribution in [3.8, 4) is 5.69 Å². The predicted octanol–water partition coefficient (Wildman–Crippen LogP) is 20.1. The lowest BCUT2D eigenvalue weighted by atomic mass is 9.87. The van der Waals surface area contributed by atoms with E-state index in [0.29, 0.717) is 0 Å². The molecular formula is C70H69N3SSi2. The van der Waals surface area contributed by atoms with E-state index in [9.17, 15) is 0 Å². The molecule has 6 heteroatoms. The van der Waals surface area contributed by atoms with Gasteiger partial charge in [0.25, 0.3) is 0 Å². The first-order chi connectivity index (χ1) is 36.2. The van der Waals surface area contributed by atoms with Crippen molar-refractivity contribution in [3.63, 3.8) is 0 Å². The molecule has 2 heterocycles. The van der Waals surface area contributed by atoms with Crippen LogP contribution in [0, 0.1) is 0 Å². The maximum absolute atomic E-state index is 2.62. The van der Waals surface area contributed by atoms with Crippen molar-refractivity contribution in [1.29, 1.82) is 0 Å². The highest BCUT2D eigenvalue weighted by molar-refractivity contribution is 7.26. The molecule has 10 aromatic carbocycles. The monoisotopic (exact) mass is 1040 g/mol. The number of rotatable bonds is 9. The summed E-state index contributed by atoms with van der Waals surface area (Å²) in [6, 6.07) is 76.8. The van der Waals surface area contributed by atoms with Crippen LogP contribution in [-0.4, -0.2) is 20.7 Å². The summed E-state index contributed by atoms with van der Waals surface area (Å²) in [5, 5.41) is 12.9. The summed E-state index contributed by atoms with van der Waals surface area (Å²) in [6.45, 7) is 28.4. The second kappa shape index (κ2) is 18.2. The predicted molar refractivity (Wildman–Crippen MR) is 341 cm³/mol. The standard InChI is InChI=1S/C70H69N3SSi2/c1-69(2,3)46-28-32-48(33-29-46)71(50-36-40-52(41-37-50)75(7,8)9)61-44-63-66(57-23-15-13-20-54(57)61)67-58-24-16-14-21-55(58)62(45-64(67)73(63)60-26-19-25-59-56-22-17-18-27-65(56)74-68(59)60)72(49-34-30-47(31-35-49)70(4,5)6)51-38-42-53(43-39-51)76(10,11)12/h13-45H,1-12H3. The van der Waals surface area contributed by atoms with Crippen molar-refractivity contribution >= 4 is 136 Å². The highest BCUT2D eigenvalue weighted by Crippen LogP contribution is 2.51. The number of hydrogen-bond donors (Lipinski definition) is 0. The average Bonchev–Trinajstić information content (AvgIpc) is 3.95. The highest BCUT2D eigenvalue weighted by Gasteiger charge is 2.28. The minimum atomic E-state index is -1.58. The minimum absolute atomic E-state index is 0.0209. The van der Waals surface area contributed by atoms with Gasteiger partial charge in [-0.2, -0.15) is 0 Å². The van der Waals surface area contributed by atoms with Crippen LogP contribution in [0.15, 0.2) is 200 Å². The molecule has 0 saturated carbocycles. The summed E-state index contributed by atoms with van der Waals surface area (Å²) in [7, 11) is -3.16. The summed E-state index contributed by atoms with van der Waals surface area (Å²) in [5.74, 6) is 0. The minimum Gasteiger partial charge on any atom is -0.310 e. The molecule has 0 unspecified atom stereocenters. The molecule has 0 radical (unpaired) electrons. The second-order valence-corrected chi connectivity index (χ2v) is 36.3. The van der Waals surface area contributed by atoms with E-state index in [1.54, 1.807) is 0 Å². The fraction of sp³-hybridized carbons (Fsp3) is 0.200. The first-order valence-corrected chi connectivity index (χ1v) is 34.9. The molecule has 0 aliphatic carbocycles. The third-order valence-corrected chi connectivity index (χ3v) is 21.1. The SMILES string of the molecule is CC(C)(C)c1ccc(N(c2ccc([Si](C)(C)C)cc2)c2cc3c(c4ccccc24)c2c4ccccc4c(N(c4ccc(C(C)(C)C)cc4)c4ccc([Si](C)(C)C)cc4)cc2n3-c2cccc3c2sc2ccccc23)cc1. The average molecular weight is 1040 g/mol. The summed E-state index contributed by atoms with van der Waals surface area (Å²) >= 11 is 1.90. The Labute approximate surface area is 455 Å². The topological polar surface area (TPSA) is 11.4 Å². The zero-order chi connectivity index (χ0) is 53.1. The number of benzene rings is 10. The molecule has 2 aromatic heterocycles. The highest BCUT2D eigenvalue weighted by atomic mass is 32.1. The third-order valence-electron chi connectivity index (χ3n) is 15.8. The molecule has 0 aliphatic rings. The van der Waals surface area contributed by atoms with Crippen LogP contribution in [0.4, 0.5) is 34.1 Å². The Balaban J connectivity index is 1.23. The first-order valence-electron chi connectivity index (χ1n) is 27.1. The van der Waals surface area contributed by atoms with Crippen molar-refractivity contribution in [3.05, 3.63) is 211 Å². The number of fused-ring (bicyclic) bond motifs is 10. The quantitative estimate of drug-likeness (QED) is 0.134. The Bertz CT molecular complexity index is 3850. The lowest BCUT2D eigenvalue weighted by molar-refractivity contribution is 0.590. The van der Waals surface area contributed by atoms with Gasteiger partial charge in [-0.05, 0) is 106 Å². The van der Waals surface area contributed by atoms with E-state index >= 15 is 0 Å². The van der Waals surface area contributed by atoms with Gasteiger partial charge in [0, 0.05) is 59.8 Å². The summed E-state index contributed by atoms with van der Waals surface area (Å²) < 4.78 is 5.19. The van der Waals surface area contributed by atoms with E-state index in [0.717, 1.165) is 34.1 Å². The van der Waals surface area contributed by atoms with Gasteiger partial charge in [-0.15, -0.1) is 11.3 Å². The molecule has 378 valence electrons. The maximum Gasteiger partial charge on any atom is 0.0775 e. The molecule has 3 nitrogen and oxygen atoms in total. The molecule has 0 bridgehead atoms. The van der Waals surface area contributed by atoms with Crippen molar-refractivity contribution < 1.29 is 0 Å². The normalized spacial score (nSPS) is 12.7. The van der Waals surface area contributed by atoms with Crippen molar-refractivity contribution in [2.45, 2.75) is 91.7 Å². The molecule has 0 aliphatic heterocycles. The van der Waals surface area contributed by atoms with Gasteiger partial charge in [0.05, 0.1) is 48.9 Å². The molecule has 0 saturated heterocycles. The number of aromatic nitrogens is 1. The van der Waals surface area contributed by atoms with E-state index in [1.807, 2.05) is 11.3 Å². The van der Waals surface area contributed by atoms with Crippen molar-refractivity contribution in [2.24, 2.45) is 0 Å². The van der Waals surface area contributed by atoms with Crippen LogP contribution in [0.2, 0.25) is 39.3 Å². The molecule has 12 rings (SSSR count). The zero-order valence-corrected chi connectivity index (χ0v) is 49.1. The molecule has 0 N–H and O–H groups in total. The summed E-state index contributed by atoms with van der Waals surface area (Å²) in [5.41, 5.74) is 13.0.